The van der Waals surface area contributed by atoms with E-state index in [2.05, 4.69) is 11.4 Å². The summed E-state index contributed by atoms with van der Waals surface area (Å²) in [4.78, 5) is 28.9. The third-order valence-electron chi connectivity index (χ3n) is 6.34. The Morgan fingerprint density at radius 3 is 2.08 bits per heavy atom. The number of fused-ring (bicyclic) bond motifs is 1. The molecule has 0 aliphatic carbocycles. The number of anilines is 2. The zero-order valence-corrected chi connectivity index (χ0v) is 21.1. The number of Topliss-reactive ketones (excluding diaryl/α,β-unsaturated/α-hetero) is 1. The maximum Gasteiger partial charge on any atom is 0.220 e. The molecule has 188 valence electrons. The van der Waals surface area contributed by atoms with E-state index >= 15 is 0 Å². The lowest BCUT2D eigenvalue weighted by Crippen LogP contribution is -2.28. The molecule has 1 aliphatic heterocycles. The van der Waals surface area contributed by atoms with Gasteiger partial charge in [-0.15, -0.1) is 0 Å². The lowest BCUT2D eigenvalue weighted by atomic mass is 10.1. The van der Waals surface area contributed by atoms with Gasteiger partial charge in [-0.3, -0.25) is 9.59 Å². The summed E-state index contributed by atoms with van der Waals surface area (Å²) in [5.41, 5.74) is 4.09. The first-order valence-electron chi connectivity index (χ1n) is 12.2. The van der Waals surface area contributed by atoms with Gasteiger partial charge in [0, 0.05) is 33.5 Å². The van der Waals surface area contributed by atoms with Crippen molar-refractivity contribution in [1.82, 2.24) is 5.32 Å². The Labute approximate surface area is 217 Å². The van der Waals surface area contributed by atoms with Crippen LogP contribution in [0.25, 0.3) is 0 Å². The molecule has 0 radical (unpaired) electrons. The lowest BCUT2D eigenvalue weighted by molar-refractivity contribution is -0.124. The molecule has 3 aromatic rings. The third-order valence-corrected chi connectivity index (χ3v) is 6.34. The summed E-state index contributed by atoms with van der Waals surface area (Å²) in [6.07, 6.45) is 0.674. The van der Waals surface area contributed by atoms with Crippen LogP contribution < -0.4 is 19.9 Å². The van der Waals surface area contributed by atoms with Crippen molar-refractivity contribution >= 4 is 23.1 Å². The average Bonchev–Trinajstić information content (AvgIpc) is 3.18. The van der Waals surface area contributed by atoms with Gasteiger partial charge in [-0.2, -0.15) is 5.26 Å². The molecular weight excluding hydrogens is 464 g/mol. The molecule has 0 bridgehead atoms. The normalized spacial score (nSPS) is 12.1. The Bertz CT molecular complexity index is 1300. The van der Waals surface area contributed by atoms with Crippen molar-refractivity contribution < 1.29 is 14.3 Å². The molecule has 3 aromatic carbocycles. The highest BCUT2D eigenvalue weighted by molar-refractivity contribution is 6.03. The van der Waals surface area contributed by atoms with Crippen LogP contribution in [0, 0.1) is 11.3 Å². The number of para-hydroxylation sites is 2. The molecule has 0 aromatic heterocycles. The number of carbonyl (C=O) groups is 2. The molecule has 4 rings (SSSR count). The van der Waals surface area contributed by atoms with Crippen LogP contribution in [0.1, 0.15) is 24.0 Å². The number of hydrogen-bond donors (Lipinski definition) is 1. The third kappa shape index (κ3) is 6.17. The number of allylic oxidation sites excluding steroid dienone is 1. The number of nitrogens with one attached hydrogen (secondary N) is 1. The molecule has 0 saturated carbocycles. The van der Waals surface area contributed by atoms with Crippen LogP contribution in [-0.2, 0) is 22.6 Å². The van der Waals surface area contributed by atoms with E-state index in [0.717, 1.165) is 28.3 Å². The molecule has 0 fully saturated rings. The van der Waals surface area contributed by atoms with Crippen molar-refractivity contribution in [2.24, 2.45) is 0 Å². The van der Waals surface area contributed by atoms with Gasteiger partial charge in [0.1, 0.15) is 29.8 Å². The highest BCUT2D eigenvalue weighted by Gasteiger charge is 2.31. The highest BCUT2D eigenvalue weighted by Crippen LogP contribution is 2.40. The van der Waals surface area contributed by atoms with Crippen LogP contribution in [-0.4, -0.2) is 32.3 Å². The molecular formula is C30H30N4O3. The van der Waals surface area contributed by atoms with E-state index in [-0.39, 0.29) is 30.1 Å². The van der Waals surface area contributed by atoms with Crippen LogP contribution >= 0.6 is 0 Å². The fourth-order valence-corrected chi connectivity index (χ4v) is 4.34. The Morgan fingerprint density at radius 1 is 0.838 bits per heavy atom. The smallest absolute Gasteiger partial charge is 0.220 e. The number of carbonyl (C=O) groups excluding carboxylic acids is 2. The van der Waals surface area contributed by atoms with Gasteiger partial charge in [-0.1, -0.05) is 54.6 Å². The summed E-state index contributed by atoms with van der Waals surface area (Å²) in [5, 5.41) is 12.6. The van der Waals surface area contributed by atoms with Crippen molar-refractivity contribution in [3.8, 4) is 11.8 Å². The molecule has 37 heavy (non-hydrogen) atoms. The molecule has 0 saturated heterocycles. The minimum Gasteiger partial charge on any atom is -0.489 e. The van der Waals surface area contributed by atoms with Crippen LogP contribution in [0.2, 0.25) is 0 Å². The Balaban J connectivity index is 1.23. The second-order valence-electron chi connectivity index (χ2n) is 8.86. The van der Waals surface area contributed by atoms with Gasteiger partial charge < -0.3 is 19.9 Å². The fourth-order valence-electron chi connectivity index (χ4n) is 4.34. The summed E-state index contributed by atoms with van der Waals surface area (Å²) in [6, 6.07) is 27.6. The monoisotopic (exact) mass is 494 g/mol. The molecule has 0 atom stereocenters. The summed E-state index contributed by atoms with van der Waals surface area (Å²) in [5.74, 6) is 0.768. The van der Waals surface area contributed by atoms with E-state index in [1.165, 1.54) is 0 Å². The molecule has 1 aliphatic rings. The number of rotatable bonds is 10. The van der Waals surface area contributed by atoms with E-state index in [1.54, 1.807) is 0 Å². The maximum atomic E-state index is 12.9. The summed E-state index contributed by atoms with van der Waals surface area (Å²) in [6.45, 7) is 0.975. The molecule has 1 heterocycles. The van der Waals surface area contributed by atoms with Crippen molar-refractivity contribution in [3.63, 3.8) is 0 Å². The van der Waals surface area contributed by atoms with Gasteiger partial charge in [0.05, 0.1) is 11.4 Å². The predicted octanol–water partition coefficient (Wildman–Crippen LogP) is 4.59. The van der Waals surface area contributed by atoms with E-state index in [0.29, 0.717) is 25.4 Å². The Kier molecular flexibility index (Phi) is 8.22. The first-order valence-corrected chi connectivity index (χ1v) is 12.2. The van der Waals surface area contributed by atoms with Crippen LogP contribution in [0.3, 0.4) is 0 Å². The molecule has 0 spiro atoms. The maximum absolute atomic E-state index is 12.9. The van der Waals surface area contributed by atoms with E-state index in [9.17, 15) is 14.9 Å². The highest BCUT2D eigenvalue weighted by atomic mass is 16.5. The minimum atomic E-state index is -0.342. The van der Waals surface area contributed by atoms with E-state index in [4.69, 9.17) is 4.74 Å². The fraction of sp³-hybridized carbons (Fsp3) is 0.233. The molecule has 1 amide bonds. The summed E-state index contributed by atoms with van der Waals surface area (Å²) in [7, 11) is 3.66. The molecule has 1 N–H and O–H groups in total. The van der Waals surface area contributed by atoms with Gasteiger partial charge >= 0.3 is 0 Å². The Morgan fingerprint density at radius 2 is 1.46 bits per heavy atom. The summed E-state index contributed by atoms with van der Waals surface area (Å²) >= 11 is 0. The largest absolute Gasteiger partial charge is 0.489 e. The van der Waals surface area contributed by atoms with Gasteiger partial charge in [0.15, 0.2) is 5.78 Å². The first kappa shape index (κ1) is 25.5. The quantitative estimate of drug-likeness (QED) is 0.328. The standard InChI is InChI=1S/C30H30N4O3/c1-33-26-10-6-7-11-27(26)34(2)30(33)25(20-31)28(35)16-17-29(36)32-19-18-22-12-14-24(15-13-22)37-21-23-8-4-3-5-9-23/h3-15H,16-19,21H2,1-2H3,(H,32,36). The van der Waals surface area contributed by atoms with Crippen molar-refractivity contribution in [3.05, 3.63) is 101 Å². The SMILES string of the molecule is CN1C(=C(C#N)C(=O)CCC(=O)NCCc2ccc(OCc3ccccc3)cc2)N(C)c2ccccc21. The number of nitriles is 1. The summed E-state index contributed by atoms with van der Waals surface area (Å²) < 4.78 is 5.81. The predicted molar refractivity (Wildman–Crippen MR) is 144 cm³/mol. The van der Waals surface area contributed by atoms with Crippen LogP contribution in [0.15, 0.2) is 90.3 Å². The van der Waals surface area contributed by atoms with Gasteiger partial charge in [0.2, 0.25) is 5.91 Å². The van der Waals surface area contributed by atoms with E-state index < -0.39 is 0 Å². The first-order chi connectivity index (χ1) is 18.0. The topological polar surface area (TPSA) is 85.7 Å². The number of ether oxygens (including phenoxy) is 1. The zero-order valence-electron chi connectivity index (χ0n) is 21.1. The average molecular weight is 495 g/mol. The van der Waals surface area contributed by atoms with Crippen LogP contribution in [0.4, 0.5) is 11.4 Å². The van der Waals surface area contributed by atoms with E-state index in [1.807, 2.05) is 103 Å². The molecule has 0 unspecified atom stereocenters. The second kappa shape index (κ2) is 11.9. The number of ketones is 1. The van der Waals surface area contributed by atoms with Gasteiger partial charge in [-0.05, 0) is 41.8 Å². The zero-order chi connectivity index (χ0) is 26.2. The Hall–Kier alpha value is -4.57. The van der Waals surface area contributed by atoms with Crippen molar-refractivity contribution in [2.75, 3.05) is 30.4 Å². The number of hydrogen-bond acceptors (Lipinski definition) is 6. The van der Waals surface area contributed by atoms with Crippen molar-refractivity contribution in [2.45, 2.75) is 25.9 Å². The number of benzene rings is 3. The lowest BCUT2D eigenvalue weighted by Gasteiger charge is -2.19. The van der Waals surface area contributed by atoms with Gasteiger partial charge in [-0.25, -0.2) is 0 Å². The van der Waals surface area contributed by atoms with Crippen LogP contribution in [0.5, 0.6) is 5.75 Å². The second-order valence-corrected chi connectivity index (χ2v) is 8.86. The number of nitrogens with zero attached hydrogens (tertiary/aromatic N) is 3. The number of amides is 1. The molecule has 7 nitrogen and oxygen atoms in total. The van der Waals surface area contributed by atoms with Crippen molar-refractivity contribution in [1.29, 1.82) is 5.26 Å². The minimum absolute atomic E-state index is 0.0241. The van der Waals surface area contributed by atoms with Gasteiger partial charge in [0.25, 0.3) is 0 Å². The molecule has 7 heteroatoms.